The van der Waals surface area contributed by atoms with Gasteiger partial charge in [0.2, 0.25) is 0 Å². The monoisotopic (exact) mass is 283 g/mol. The SMILES string of the molecule is CCCC(C)(C)NC(=O)c1ccc(S(C)(=O)=O)cc1. The summed E-state index contributed by atoms with van der Waals surface area (Å²) in [6.45, 7) is 6.01. The molecular weight excluding hydrogens is 262 g/mol. The molecule has 1 aromatic rings. The summed E-state index contributed by atoms with van der Waals surface area (Å²) in [5, 5.41) is 2.94. The van der Waals surface area contributed by atoms with Gasteiger partial charge in [0.05, 0.1) is 4.90 Å². The molecule has 1 N–H and O–H groups in total. The highest BCUT2D eigenvalue weighted by molar-refractivity contribution is 7.90. The summed E-state index contributed by atoms with van der Waals surface area (Å²) < 4.78 is 22.7. The lowest BCUT2D eigenvalue weighted by molar-refractivity contribution is 0.0909. The number of sulfone groups is 1. The third-order valence-electron chi connectivity index (χ3n) is 2.87. The molecule has 0 aliphatic carbocycles. The topological polar surface area (TPSA) is 63.2 Å². The lowest BCUT2D eigenvalue weighted by atomic mass is 9.98. The van der Waals surface area contributed by atoms with Crippen LogP contribution in [0.15, 0.2) is 29.2 Å². The third-order valence-corrected chi connectivity index (χ3v) is 4.00. The highest BCUT2D eigenvalue weighted by atomic mass is 32.2. The van der Waals surface area contributed by atoms with Crippen LogP contribution in [0.5, 0.6) is 0 Å². The fraction of sp³-hybridized carbons (Fsp3) is 0.500. The average Bonchev–Trinajstić information content (AvgIpc) is 2.27. The largest absolute Gasteiger partial charge is 0.347 e. The highest BCUT2D eigenvalue weighted by Crippen LogP contribution is 2.14. The van der Waals surface area contributed by atoms with Gasteiger partial charge in [0.15, 0.2) is 9.84 Å². The van der Waals surface area contributed by atoms with Crippen molar-refractivity contribution < 1.29 is 13.2 Å². The van der Waals surface area contributed by atoms with E-state index in [9.17, 15) is 13.2 Å². The molecule has 1 amide bonds. The molecule has 0 spiro atoms. The van der Waals surface area contributed by atoms with Crippen LogP contribution in [0, 0.1) is 0 Å². The first-order valence-electron chi connectivity index (χ1n) is 6.28. The van der Waals surface area contributed by atoms with E-state index in [0.29, 0.717) is 5.56 Å². The van der Waals surface area contributed by atoms with Gasteiger partial charge in [0, 0.05) is 17.4 Å². The number of carbonyl (C=O) groups is 1. The van der Waals surface area contributed by atoms with Gasteiger partial charge in [-0.25, -0.2) is 8.42 Å². The lowest BCUT2D eigenvalue weighted by Gasteiger charge is -2.25. The molecule has 106 valence electrons. The maximum atomic E-state index is 12.0. The summed E-state index contributed by atoms with van der Waals surface area (Å²) >= 11 is 0. The van der Waals surface area contributed by atoms with Crippen molar-refractivity contribution in [2.45, 2.75) is 44.0 Å². The van der Waals surface area contributed by atoms with Crippen LogP contribution in [-0.2, 0) is 9.84 Å². The van der Waals surface area contributed by atoms with Gasteiger partial charge < -0.3 is 5.32 Å². The zero-order chi connectivity index (χ0) is 14.7. The Bertz CT molecular complexity index is 545. The Morgan fingerprint density at radius 2 is 1.74 bits per heavy atom. The van der Waals surface area contributed by atoms with E-state index in [1.54, 1.807) is 0 Å². The van der Waals surface area contributed by atoms with Crippen LogP contribution in [0.25, 0.3) is 0 Å². The Morgan fingerprint density at radius 3 is 2.16 bits per heavy atom. The fourth-order valence-corrected chi connectivity index (χ4v) is 2.55. The van der Waals surface area contributed by atoms with Gasteiger partial charge in [-0.15, -0.1) is 0 Å². The quantitative estimate of drug-likeness (QED) is 0.902. The molecule has 0 aliphatic heterocycles. The van der Waals surface area contributed by atoms with Crippen molar-refractivity contribution in [3.8, 4) is 0 Å². The van der Waals surface area contributed by atoms with Gasteiger partial charge in [-0.2, -0.15) is 0 Å². The molecule has 0 saturated carbocycles. The average molecular weight is 283 g/mol. The van der Waals surface area contributed by atoms with E-state index >= 15 is 0 Å². The summed E-state index contributed by atoms with van der Waals surface area (Å²) in [6.07, 6.45) is 3.02. The number of nitrogens with one attached hydrogen (secondary N) is 1. The summed E-state index contributed by atoms with van der Waals surface area (Å²) in [7, 11) is -3.22. The number of rotatable bonds is 5. The van der Waals surface area contributed by atoms with E-state index < -0.39 is 9.84 Å². The maximum absolute atomic E-state index is 12.0. The van der Waals surface area contributed by atoms with Crippen LogP contribution < -0.4 is 5.32 Å². The van der Waals surface area contributed by atoms with E-state index in [1.807, 2.05) is 13.8 Å². The van der Waals surface area contributed by atoms with Crippen molar-refractivity contribution in [1.29, 1.82) is 0 Å². The minimum Gasteiger partial charge on any atom is -0.347 e. The van der Waals surface area contributed by atoms with Crippen LogP contribution in [0.2, 0.25) is 0 Å². The molecule has 0 heterocycles. The van der Waals surface area contributed by atoms with Gasteiger partial charge in [-0.1, -0.05) is 13.3 Å². The number of benzene rings is 1. The second-order valence-corrected chi connectivity index (χ2v) is 7.40. The van der Waals surface area contributed by atoms with Crippen molar-refractivity contribution in [1.82, 2.24) is 5.32 Å². The molecule has 0 atom stereocenters. The van der Waals surface area contributed by atoms with Crippen LogP contribution in [0.4, 0.5) is 0 Å². The molecule has 0 saturated heterocycles. The van der Waals surface area contributed by atoms with Crippen molar-refractivity contribution >= 4 is 15.7 Å². The molecule has 0 fully saturated rings. The predicted molar refractivity (Wildman–Crippen MR) is 76.0 cm³/mol. The molecule has 0 aromatic heterocycles. The smallest absolute Gasteiger partial charge is 0.251 e. The Morgan fingerprint density at radius 1 is 1.21 bits per heavy atom. The molecule has 1 aromatic carbocycles. The van der Waals surface area contributed by atoms with Crippen molar-refractivity contribution in [3.63, 3.8) is 0 Å². The Kier molecular flexibility index (Phi) is 4.74. The summed E-state index contributed by atoms with van der Waals surface area (Å²) in [4.78, 5) is 12.3. The standard InChI is InChI=1S/C14H21NO3S/c1-5-10-14(2,3)15-13(16)11-6-8-12(9-7-11)19(4,17)18/h6-9H,5,10H2,1-4H3,(H,15,16). The molecule has 5 heteroatoms. The first kappa shape index (κ1) is 15.7. The Hall–Kier alpha value is -1.36. The molecule has 0 unspecified atom stereocenters. The van der Waals surface area contributed by atoms with Crippen LogP contribution in [0.3, 0.4) is 0 Å². The van der Waals surface area contributed by atoms with E-state index in [2.05, 4.69) is 12.2 Å². The second-order valence-electron chi connectivity index (χ2n) is 5.38. The van der Waals surface area contributed by atoms with Crippen LogP contribution in [-0.4, -0.2) is 26.1 Å². The summed E-state index contributed by atoms with van der Waals surface area (Å²) in [6, 6.07) is 5.98. The maximum Gasteiger partial charge on any atom is 0.251 e. The van der Waals surface area contributed by atoms with E-state index in [-0.39, 0.29) is 16.3 Å². The van der Waals surface area contributed by atoms with E-state index in [4.69, 9.17) is 0 Å². The van der Waals surface area contributed by atoms with E-state index in [0.717, 1.165) is 19.1 Å². The number of carbonyl (C=O) groups excluding carboxylic acids is 1. The van der Waals surface area contributed by atoms with Gasteiger partial charge in [0.1, 0.15) is 0 Å². The van der Waals surface area contributed by atoms with E-state index in [1.165, 1.54) is 24.3 Å². The van der Waals surface area contributed by atoms with Crippen molar-refractivity contribution in [2.75, 3.05) is 6.26 Å². The third kappa shape index (κ3) is 4.67. The predicted octanol–water partition coefficient (Wildman–Crippen LogP) is 2.40. The minimum absolute atomic E-state index is 0.182. The first-order valence-corrected chi connectivity index (χ1v) is 8.17. The highest BCUT2D eigenvalue weighted by Gasteiger charge is 2.20. The Balaban J connectivity index is 2.85. The van der Waals surface area contributed by atoms with Crippen molar-refractivity contribution in [2.24, 2.45) is 0 Å². The van der Waals surface area contributed by atoms with Crippen LogP contribution in [0.1, 0.15) is 44.0 Å². The molecule has 4 nitrogen and oxygen atoms in total. The molecule has 19 heavy (non-hydrogen) atoms. The molecule has 0 bridgehead atoms. The molecule has 1 rings (SSSR count). The van der Waals surface area contributed by atoms with Crippen molar-refractivity contribution in [3.05, 3.63) is 29.8 Å². The second kappa shape index (κ2) is 5.74. The normalized spacial score (nSPS) is 12.2. The van der Waals surface area contributed by atoms with Gasteiger partial charge in [0.25, 0.3) is 5.91 Å². The lowest BCUT2D eigenvalue weighted by Crippen LogP contribution is -2.43. The summed E-state index contributed by atoms with van der Waals surface area (Å²) in [5.74, 6) is -0.182. The number of hydrogen-bond acceptors (Lipinski definition) is 3. The number of hydrogen-bond donors (Lipinski definition) is 1. The minimum atomic E-state index is -3.22. The Labute approximate surface area is 115 Å². The molecule has 0 radical (unpaired) electrons. The summed E-state index contributed by atoms with van der Waals surface area (Å²) in [5.41, 5.74) is 0.206. The van der Waals surface area contributed by atoms with Crippen LogP contribution >= 0.6 is 0 Å². The number of amides is 1. The van der Waals surface area contributed by atoms with Gasteiger partial charge >= 0.3 is 0 Å². The zero-order valence-electron chi connectivity index (χ0n) is 11.9. The molecular formula is C14H21NO3S. The molecule has 0 aliphatic rings. The zero-order valence-corrected chi connectivity index (χ0v) is 12.7. The first-order chi connectivity index (χ1) is 8.65. The van der Waals surface area contributed by atoms with Gasteiger partial charge in [-0.05, 0) is 44.5 Å². The van der Waals surface area contributed by atoms with Gasteiger partial charge in [-0.3, -0.25) is 4.79 Å². The fourth-order valence-electron chi connectivity index (χ4n) is 1.92.